The van der Waals surface area contributed by atoms with Crippen LogP contribution in [0.5, 0.6) is 5.75 Å². The van der Waals surface area contributed by atoms with E-state index >= 15 is 0 Å². The first-order valence-corrected chi connectivity index (χ1v) is 6.05. The van der Waals surface area contributed by atoms with Crippen molar-refractivity contribution in [1.29, 1.82) is 0 Å². The minimum atomic E-state index is -0.905. The van der Waals surface area contributed by atoms with Crippen molar-refractivity contribution in [2.45, 2.75) is 24.3 Å². The zero-order valence-electron chi connectivity index (χ0n) is 9.99. The Bertz CT molecular complexity index is 418. The summed E-state index contributed by atoms with van der Waals surface area (Å²) in [6.07, 6.45) is 0. The van der Waals surface area contributed by atoms with Gasteiger partial charge in [0.1, 0.15) is 16.3 Å². The van der Waals surface area contributed by atoms with E-state index in [0.717, 1.165) is 0 Å². The van der Waals surface area contributed by atoms with Crippen LogP contribution in [-0.2, 0) is 10.5 Å². The van der Waals surface area contributed by atoms with E-state index < -0.39 is 10.7 Å². The van der Waals surface area contributed by atoms with Gasteiger partial charge in [0.2, 0.25) is 0 Å². The van der Waals surface area contributed by atoms with Crippen LogP contribution in [0.3, 0.4) is 0 Å². The molecule has 0 spiro atoms. The Morgan fingerprint density at radius 1 is 1.53 bits per heavy atom. The zero-order chi connectivity index (χ0) is 13.1. The van der Waals surface area contributed by atoms with Gasteiger partial charge in [-0.15, -0.1) is 11.8 Å². The maximum atomic E-state index is 13.1. The fourth-order valence-corrected chi connectivity index (χ4v) is 2.05. The lowest BCUT2D eigenvalue weighted by Crippen LogP contribution is -2.27. The minimum absolute atomic E-state index is 0.352. The van der Waals surface area contributed by atoms with E-state index in [4.69, 9.17) is 9.84 Å². The Hall–Kier alpha value is -1.23. The molecule has 0 aliphatic carbocycles. The van der Waals surface area contributed by atoms with Gasteiger partial charge in [-0.1, -0.05) is 0 Å². The molecule has 1 aromatic rings. The second kappa shape index (κ2) is 5.40. The Morgan fingerprint density at radius 2 is 2.18 bits per heavy atom. The van der Waals surface area contributed by atoms with Crippen molar-refractivity contribution in [2.75, 3.05) is 7.11 Å². The number of benzene rings is 1. The third kappa shape index (κ3) is 3.63. The second-order valence-corrected chi connectivity index (χ2v) is 5.66. The Kier molecular flexibility index (Phi) is 4.40. The molecular weight excluding hydrogens is 243 g/mol. The predicted molar refractivity (Wildman–Crippen MR) is 66.0 cm³/mol. The van der Waals surface area contributed by atoms with E-state index in [1.165, 1.54) is 31.0 Å². The van der Waals surface area contributed by atoms with E-state index in [2.05, 4.69) is 0 Å². The highest BCUT2D eigenvalue weighted by molar-refractivity contribution is 8.00. The molecule has 17 heavy (non-hydrogen) atoms. The molecule has 0 aliphatic rings. The predicted octanol–water partition coefficient (Wildman–Crippen LogP) is 2.93. The molecular formula is C12H15FO3S. The summed E-state index contributed by atoms with van der Waals surface area (Å²) in [5, 5.41) is 8.97. The van der Waals surface area contributed by atoms with Crippen LogP contribution in [0.25, 0.3) is 0 Å². The van der Waals surface area contributed by atoms with Gasteiger partial charge in [0.05, 0.1) is 7.11 Å². The summed E-state index contributed by atoms with van der Waals surface area (Å²) >= 11 is 1.23. The number of rotatable bonds is 5. The number of carboxylic acids is 1. The van der Waals surface area contributed by atoms with Crippen LogP contribution in [0.2, 0.25) is 0 Å². The number of hydrogen-bond acceptors (Lipinski definition) is 3. The van der Waals surface area contributed by atoms with Crippen molar-refractivity contribution < 1.29 is 19.0 Å². The topological polar surface area (TPSA) is 46.5 Å². The summed E-state index contributed by atoms with van der Waals surface area (Å²) in [4.78, 5) is 10.9. The molecule has 0 aromatic heterocycles. The molecule has 0 saturated heterocycles. The number of aliphatic carboxylic acids is 1. The monoisotopic (exact) mass is 258 g/mol. The summed E-state index contributed by atoms with van der Waals surface area (Å²) in [6.45, 7) is 3.23. The van der Waals surface area contributed by atoms with Crippen LogP contribution in [0.15, 0.2) is 18.2 Å². The largest absolute Gasteiger partial charge is 0.496 e. The van der Waals surface area contributed by atoms with Crippen molar-refractivity contribution in [2.24, 2.45) is 0 Å². The zero-order valence-corrected chi connectivity index (χ0v) is 10.8. The Morgan fingerprint density at radius 3 is 2.71 bits per heavy atom. The van der Waals surface area contributed by atoms with Crippen molar-refractivity contribution >= 4 is 17.7 Å². The standard InChI is InChI=1S/C12H15FO3S/c1-12(2,11(14)15)17-7-8-6-9(13)4-5-10(8)16-3/h4-6H,7H2,1-3H3,(H,14,15). The molecule has 0 amide bonds. The lowest BCUT2D eigenvalue weighted by molar-refractivity contribution is -0.138. The van der Waals surface area contributed by atoms with Crippen LogP contribution < -0.4 is 4.74 Å². The van der Waals surface area contributed by atoms with Gasteiger partial charge in [-0.25, -0.2) is 4.39 Å². The molecule has 0 unspecified atom stereocenters. The smallest absolute Gasteiger partial charge is 0.319 e. The molecule has 0 radical (unpaired) electrons. The van der Waals surface area contributed by atoms with Crippen LogP contribution in [0.1, 0.15) is 19.4 Å². The van der Waals surface area contributed by atoms with Crippen LogP contribution in [0.4, 0.5) is 4.39 Å². The molecule has 1 rings (SSSR count). The normalized spacial score (nSPS) is 11.3. The molecule has 5 heteroatoms. The van der Waals surface area contributed by atoms with Crippen molar-refractivity contribution in [3.8, 4) is 5.75 Å². The summed E-state index contributed by atoms with van der Waals surface area (Å²) in [5.74, 6) is -0.285. The number of carboxylic acid groups (broad SMARTS) is 1. The number of hydrogen-bond donors (Lipinski definition) is 1. The molecule has 0 atom stereocenters. The molecule has 0 bridgehead atoms. The lowest BCUT2D eigenvalue weighted by atomic mass is 10.2. The van der Waals surface area contributed by atoms with Gasteiger partial charge < -0.3 is 9.84 Å². The summed E-state index contributed by atoms with van der Waals surface area (Å²) in [5.41, 5.74) is 0.659. The molecule has 0 heterocycles. The third-order valence-corrected chi connectivity index (χ3v) is 3.70. The van der Waals surface area contributed by atoms with E-state index in [0.29, 0.717) is 17.1 Å². The lowest BCUT2D eigenvalue weighted by Gasteiger charge is -2.19. The maximum absolute atomic E-state index is 13.1. The molecule has 94 valence electrons. The fourth-order valence-electron chi connectivity index (χ4n) is 1.18. The average molecular weight is 258 g/mol. The van der Waals surface area contributed by atoms with Crippen molar-refractivity contribution in [3.63, 3.8) is 0 Å². The molecule has 0 fully saturated rings. The Balaban J connectivity index is 2.81. The van der Waals surface area contributed by atoms with Gasteiger partial charge in [0, 0.05) is 11.3 Å². The van der Waals surface area contributed by atoms with Crippen LogP contribution in [0, 0.1) is 5.82 Å². The highest BCUT2D eigenvalue weighted by Crippen LogP contribution is 2.31. The number of methoxy groups -OCH3 is 1. The average Bonchev–Trinajstić information content (AvgIpc) is 2.26. The van der Waals surface area contributed by atoms with Crippen molar-refractivity contribution in [3.05, 3.63) is 29.6 Å². The minimum Gasteiger partial charge on any atom is -0.496 e. The first-order chi connectivity index (χ1) is 7.86. The SMILES string of the molecule is COc1ccc(F)cc1CSC(C)(C)C(=O)O. The molecule has 0 aliphatic heterocycles. The summed E-state index contributed by atoms with van der Waals surface area (Å²) < 4.78 is 17.3. The van der Waals surface area contributed by atoms with Gasteiger partial charge in [0.25, 0.3) is 0 Å². The van der Waals surface area contributed by atoms with Crippen LogP contribution >= 0.6 is 11.8 Å². The van der Waals surface area contributed by atoms with Crippen LogP contribution in [-0.4, -0.2) is 22.9 Å². The first-order valence-electron chi connectivity index (χ1n) is 5.06. The molecule has 1 aromatic carbocycles. The van der Waals surface area contributed by atoms with E-state index in [1.54, 1.807) is 19.9 Å². The first kappa shape index (κ1) is 13.8. The van der Waals surface area contributed by atoms with Gasteiger partial charge >= 0.3 is 5.97 Å². The van der Waals surface area contributed by atoms with Gasteiger partial charge in [-0.3, -0.25) is 4.79 Å². The summed E-state index contributed by atoms with van der Waals surface area (Å²) in [7, 11) is 1.50. The number of carbonyl (C=O) groups is 1. The quantitative estimate of drug-likeness (QED) is 0.882. The van der Waals surface area contributed by atoms with E-state index in [9.17, 15) is 9.18 Å². The van der Waals surface area contributed by atoms with E-state index in [1.807, 2.05) is 0 Å². The maximum Gasteiger partial charge on any atom is 0.319 e. The van der Waals surface area contributed by atoms with Gasteiger partial charge in [-0.05, 0) is 32.0 Å². The van der Waals surface area contributed by atoms with Gasteiger partial charge in [0.15, 0.2) is 0 Å². The van der Waals surface area contributed by atoms with Crippen molar-refractivity contribution in [1.82, 2.24) is 0 Å². The Labute approximate surface area is 104 Å². The fraction of sp³-hybridized carbons (Fsp3) is 0.417. The van der Waals surface area contributed by atoms with E-state index in [-0.39, 0.29) is 5.82 Å². The highest BCUT2D eigenvalue weighted by Gasteiger charge is 2.27. The second-order valence-electron chi connectivity index (χ2n) is 4.06. The molecule has 0 saturated carbocycles. The number of halogens is 1. The van der Waals surface area contributed by atoms with Gasteiger partial charge in [-0.2, -0.15) is 0 Å². The molecule has 1 N–H and O–H groups in total. The molecule has 3 nitrogen and oxygen atoms in total. The number of ether oxygens (including phenoxy) is 1. The third-order valence-electron chi connectivity index (χ3n) is 2.35. The summed E-state index contributed by atoms with van der Waals surface area (Å²) in [6, 6.07) is 4.22. The highest BCUT2D eigenvalue weighted by atomic mass is 32.2. The number of thioether (sulfide) groups is 1.